The van der Waals surface area contributed by atoms with Crippen molar-refractivity contribution in [1.82, 2.24) is 0 Å². The van der Waals surface area contributed by atoms with Crippen LogP contribution in [-0.2, 0) is 10.0 Å². The molecule has 0 aliphatic heterocycles. The smallest absolute Gasteiger partial charge is 0.261 e. The van der Waals surface area contributed by atoms with Gasteiger partial charge in [-0.15, -0.1) is 0 Å². The van der Waals surface area contributed by atoms with Crippen LogP contribution in [0.25, 0.3) is 0 Å². The first-order chi connectivity index (χ1) is 13.3. The summed E-state index contributed by atoms with van der Waals surface area (Å²) in [5, 5.41) is 2.82. The Bertz CT molecular complexity index is 1140. The van der Waals surface area contributed by atoms with Crippen LogP contribution in [0, 0.1) is 20.8 Å². The minimum atomic E-state index is -3.82. The van der Waals surface area contributed by atoms with Gasteiger partial charge >= 0.3 is 0 Å². The number of nitrogens with one attached hydrogen (secondary N) is 2. The number of amides is 1. The maximum absolute atomic E-state index is 12.8. The third-order valence-corrected chi connectivity index (χ3v) is 5.80. The largest absolute Gasteiger partial charge is 0.322 e. The first-order valence-electron chi connectivity index (χ1n) is 8.83. The number of hydrogen-bond donors (Lipinski definition) is 2. The van der Waals surface area contributed by atoms with Crippen LogP contribution in [0.5, 0.6) is 0 Å². The molecule has 0 atom stereocenters. The van der Waals surface area contributed by atoms with Crippen LogP contribution < -0.4 is 10.0 Å². The number of aryl methyl sites for hydroxylation is 3. The fourth-order valence-electron chi connectivity index (χ4n) is 2.76. The van der Waals surface area contributed by atoms with E-state index in [4.69, 9.17) is 0 Å². The molecule has 0 aliphatic carbocycles. The van der Waals surface area contributed by atoms with Gasteiger partial charge in [0.05, 0.1) is 10.6 Å². The Kier molecular flexibility index (Phi) is 5.51. The molecule has 3 aromatic carbocycles. The number of carbonyl (C=O) groups is 1. The molecule has 0 aliphatic rings. The Morgan fingerprint density at radius 2 is 1.50 bits per heavy atom. The molecule has 3 rings (SSSR count). The van der Waals surface area contributed by atoms with Crippen molar-refractivity contribution in [2.24, 2.45) is 0 Å². The van der Waals surface area contributed by atoms with E-state index in [0.717, 1.165) is 16.7 Å². The molecule has 0 spiro atoms. The van der Waals surface area contributed by atoms with E-state index < -0.39 is 10.0 Å². The molecular formula is C22H22N2O3S. The van der Waals surface area contributed by atoms with Crippen molar-refractivity contribution in [3.8, 4) is 0 Å². The minimum absolute atomic E-state index is 0.0332. The minimum Gasteiger partial charge on any atom is -0.322 e. The zero-order chi connectivity index (χ0) is 20.3. The molecule has 3 aromatic rings. The van der Waals surface area contributed by atoms with Gasteiger partial charge in [0.2, 0.25) is 0 Å². The zero-order valence-electron chi connectivity index (χ0n) is 16.0. The van der Waals surface area contributed by atoms with Crippen LogP contribution in [0.15, 0.2) is 71.6 Å². The Balaban J connectivity index is 1.86. The van der Waals surface area contributed by atoms with E-state index in [2.05, 4.69) is 10.0 Å². The zero-order valence-corrected chi connectivity index (χ0v) is 16.8. The van der Waals surface area contributed by atoms with Gasteiger partial charge in [-0.2, -0.15) is 0 Å². The molecule has 0 radical (unpaired) electrons. The second-order valence-electron chi connectivity index (χ2n) is 6.72. The number of carbonyl (C=O) groups excluding carboxylic acids is 1. The summed E-state index contributed by atoms with van der Waals surface area (Å²) in [5.41, 5.74) is 4.18. The van der Waals surface area contributed by atoms with E-state index in [0.29, 0.717) is 11.4 Å². The molecule has 6 heteroatoms. The molecule has 0 heterocycles. The van der Waals surface area contributed by atoms with E-state index in [1.165, 1.54) is 12.1 Å². The molecule has 0 saturated heterocycles. The van der Waals surface area contributed by atoms with E-state index in [1.807, 2.05) is 51.1 Å². The predicted octanol–water partition coefficient (Wildman–Crippen LogP) is 4.66. The van der Waals surface area contributed by atoms with Gasteiger partial charge in [-0.05, 0) is 67.8 Å². The highest BCUT2D eigenvalue weighted by molar-refractivity contribution is 7.92. The summed E-state index contributed by atoms with van der Waals surface area (Å²) in [5.74, 6) is -0.363. The Labute approximate surface area is 165 Å². The van der Waals surface area contributed by atoms with E-state index in [9.17, 15) is 13.2 Å². The highest BCUT2D eigenvalue weighted by Gasteiger charge is 2.18. The van der Waals surface area contributed by atoms with Crippen molar-refractivity contribution in [3.63, 3.8) is 0 Å². The highest BCUT2D eigenvalue weighted by atomic mass is 32.2. The molecule has 144 valence electrons. The molecule has 28 heavy (non-hydrogen) atoms. The standard InChI is InChI=1S/C22H22N2O3S/c1-15-11-12-17(3)21(13-15)24-28(26,27)19-9-6-8-18(14-19)22(25)23-20-10-5-4-7-16(20)2/h4-14,24H,1-3H3,(H,23,25). The number of sulfonamides is 1. The fourth-order valence-corrected chi connectivity index (χ4v) is 3.93. The Hall–Kier alpha value is -3.12. The summed E-state index contributed by atoms with van der Waals surface area (Å²) in [6.45, 7) is 5.63. The van der Waals surface area contributed by atoms with Gasteiger partial charge in [0.25, 0.3) is 15.9 Å². The normalized spacial score (nSPS) is 11.1. The van der Waals surface area contributed by atoms with Crippen LogP contribution in [0.2, 0.25) is 0 Å². The number of rotatable bonds is 5. The lowest BCUT2D eigenvalue weighted by atomic mass is 10.1. The molecule has 1 amide bonds. The van der Waals surface area contributed by atoms with Gasteiger partial charge in [-0.1, -0.05) is 36.4 Å². The average molecular weight is 394 g/mol. The van der Waals surface area contributed by atoms with Gasteiger partial charge in [0, 0.05) is 11.3 Å². The van der Waals surface area contributed by atoms with Gasteiger partial charge in [-0.3, -0.25) is 9.52 Å². The fraction of sp³-hybridized carbons (Fsp3) is 0.136. The van der Waals surface area contributed by atoms with Gasteiger partial charge < -0.3 is 5.32 Å². The Morgan fingerprint density at radius 3 is 2.25 bits per heavy atom. The number of benzene rings is 3. The third-order valence-electron chi connectivity index (χ3n) is 4.44. The summed E-state index contributed by atoms with van der Waals surface area (Å²) < 4.78 is 28.2. The second-order valence-corrected chi connectivity index (χ2v) is 8.40. The molecule has 0 bridgehead atoms. The van der Waals surface area contributed by atoms with Crippen molar-refractivity contribution in [2.75, 3.05) is 10.0 Å². The van der Waals surface area contributed by atoms with Crippen LogP contribution in [0.4, 0.5) is 11.4 Å². The summed E-state index contributed by atoms with van der Waals surface area (Å²) >= 11 is 0. The van der Waals surface area contributed by atoms with Crippen LogP contribution in [0.3, 0.4) is 0 Å². The quantitative estimate of drug-likeness (QED) is 0.661. The molecule has 0 saturated carbocycles. The molecule has 0 unspecified atom stereocenters. The van der Waals surface area contributed by atoms with E-state index in [-0.39, 0.29) is 16.4 Å². The van der Waals surface area contributed by atoms with Gasteiger partial charge in [-0.25, -0.2) is 8.42 Å². The van der Waals surface area contributed by atoms with Crippen molar-refractivity contribution in [1.29, 1.82) is 0 Å². The average Bonchev–Trinajstić information content (AvgIpc) is 2.66. The lowest BCUT2D eigenvalue weighted by molar-refractivity contribution is 0.102. The predicted molar refractivity (Wildman–Crippen MR) is 112 cm³/mol. The van der Waals surface area contributed by atoms with E-state index >= 15 is 0 Å². The van der Waals surface area contributed by atoms with Crippen LogP contribution in [0.1, 0.15) is 27.0 Å². The lowest BCUT2D eigenvalue weighted by Crippen LogP contribution is -2.16. The molecule has 2 N–H and O–H groups in total. The maximum Gasteiger partial charge on any atom is 0.261 e. The van der Waals surface area contributed by atoms with E-state index in [1.54, 1.807) is 24.3 Å². The van der Waals surface area contributed by atoms with Crippen molar-refractivity contribution in [2.45, 2.75) is 25.7 Å². The van der Waals surface area contributed by atoms with Crippen LogP contribution >= 0.6 is 0 Å². The third kappa shape index (κ3) is 4.40. The maximum atomic E-state index is 12.8. The first kappa shape index (κ1) is 19.6. The SMILES string of the molecule is Cc1ccc(C)c(NS(=O)(=O)c2cccc(C(=O)Nc3ccccc3C)c2)c1. The molecular weight excluding hydrogens is 372 g/mol. The topological polar surface area (TPSA) is 75.3 Å². The summed E-state index contributed by atoms with van der Waals surface area (Å²) in [7, 11) is -3.82. The number of para-hydroxylation sites is 1. The number of anilines is 2. The van der Waals surface area contributed by atoms with Gasteiger partial charge in [0.1, 0.15) is 0 Å². The van der Waals surface area contributed by atoms with Crippen molar-refractivity contribution >= 4 is 27.3 Å². The molecule has 0 fully saturated rings. The summed E-state index contributed by atoms with van der Waals surface area (Å²) in [6.07, 6.45) is 0. The van der Waals surface area contributed by atoms with Gasteiger partial charge in [0.15, 0.2) is 0 Å². The van der Waals surface area contributed by atoms with Crippen molar-refractivity contribution in [3.05, 3.63) is 89.0 Å². The molecule has 0 aromatic heterocycles. The number of hydrogen-bond acceptors (Lipinski definition) is 3. The van der Waals surface area contributed by atoms with Crippen molar-refractivity contribution < 1.29 is 13.2 Å². The lowest BCUT2D eigenvalue weighted by Gasteiger charge is -2.13. The highest BCUT2D eigenvalue weighted by Crippen LogP contribution is 2.22. The first-order valence-corrected chi connectivity index (χ1v) is 10.3. The Morgan fingerprint density at radius 1 is 0.786 bits per heavy atom. The summed E-state index contributed by atoms with van der Waals surface area (Å²) in [6, 6.07) is 19.0. The van der Waals surface area contributed by atoms with Crippen LogP contribution in [-0.4, -0.2) is 14.3 Å². The summed E-state index contributed by atoms with van der Waals surface area (Å²) in [4.78, 5) is 12.6. The monoisotopic (exact) mass is 394 g/mol. The second kappa shape index (κ2) is 7.86. The molecule has 5 nitrogen and oxygen atoms in total.